The number of aryl methyl sites for hydroxylation is 1. The molecule has 6 nitrogen and oxygen atoms in total. The van der Waals surface area contributed by atoms with E-state index in [0.717, 1.165) is 10.5 Å². The summed E-state index contributed by atoms with van der Waals surface area (Å²) in [5, 5.41) is 11.0. The van der Waals surface area contributed by atoms with Crippen LogP contribution in [0, 0.1) is 17.0 Å². The summed E-state index contributed by atoms with van der Waals surface area (Å²) in [6.07, 6.45) is 0. The monoisotopic (exact) mass is 290 g/mol. The minimum atomic E-state index is -1.32. The number of rotatable bonds is 3. The summed E-state index contributed by atoms with van der Waals surface area (Å²) in [4.78, 5) is 36.8. The van der Waals surface area contributed by atoms with E-state index >= 15 is 0 Å². The first-order valence-corrected chi connectivity index (χ1v) is 6.79. The van der Waals surface area contributed by atoms with Crippen molar-refractivity contribution in [3.8, 4) is 0 Å². The van der Waals surface area contributed by atoms with E-state index < -0.39 is 22.8 Å². The van der Waals surface area contributed by atoms with Gasteiger partial charge in [-0.25, -0.2) is 0 Å². The van der Waals surface area contributed by atoms with E-state index in [0.29, 0.717) is 11.1 Å². The Bertz CT molecular complexity index is 639. The average Bonchev–Trinajstić information content (AvgIpc) is 2.35. The zero-order chi connectivity index (χ0) is 15.9. The second-order valence-electron chi connectivity index (χ2n) is 5.95. The summed E-state index contributed by atoms with van der Waals surface area (Å²) in [6, 6.07) is 4.78. The topological polar surface area (TPSA) is 80.5 Å². The first-order valence-electron chi connectivity index (χ1n) is 6.79. The largest absolute Gasteiger partial charge is 0.275 e. The molecule has 0 saturated heterocycles. The Morgan fingerprint density at radius 1 is 1.33 bits per heavy atom. The molecule has 0 aliphatic carbocycles. The van der Waals surface area contributed by atoms with Crippen molar-refractivity contribution in [3.63, 3.8) is 0 Å². The minimum Gasteiger partial charge on any atom is -0.275 e. The first-order chi connectivity index (χ1) is 9.68. The molecule has 2 rings (SSSR count). The lowest BCUT2D eigenvalue weighted by molar-refractivity contribution is -0.487. The van der Waals surface area contributed by atoms with Gasteiger partial charge in [0.05, 0.1) is 0 Å². The Hall–Kier alpha value is -2.24. The normalized spacial score (nSPS) is 21.7. The van der Waals surface area contributed by atoms with Gasteiger partial charge in [0.1, 0.15) is 5.41 Å². The molecule has 21 heavy (non-hydrogen) atoms. The van der Waals surface area contributed by atoms with Crippen LogP contribution in [-0.2, 0) is 10.2 Å². The molecule has 1 unspecified atom stereocenters. The van der Waals surface area contributed by atoms with Crippen molar-refractivity contribution >= 4 is 11.8 Å². The maximum absolute atomic E-state index is 12.7. The van der Waals surface area contributed by atoms with E-state index in [1.807, 2.05) is 6.92 Å². The van der Waals surface area contributed by atoms with Gasteiger partial charge in [-0.15, -0.1) is 0 Å². The van der Waals surface area contributed by atoms with Crippen LogP contribution in [0.4, 0.5) is 0 Å². The van der Waals surface area contributed by atoms with E-state index in [1.165, 1.54) is 6.92 Å². The Balaban J connectivity index is 2.72. The molecule has 0 saturated carbocycles. The second-order valence-corrected chi connectivity index (χ2v) is 5.95. The van der Waals surface area contributed by atoms with Gasteiger partial charge in [-0.2, -0.15) is 0 Å². The van der Waals surface area contributed by atoms with Gasteiger partial charge in [0.25, 0.3) is 5.91 Å². The molecule has 1 atom stereocenters. The van der Waals surface area contributed by atoms with Gasteiger partial charge in [0, 0.05) is 16.5 Å². The van der Waals surface area contributed by atoms with Gasteiger partial charge >= 0.3 is 0 Å². The zero-order valence-corrected chi connectivity index (χ0v) is 12.5. The summed E-state index contributed by atoms with van der Waals surface area (Å²) < 4.78 is 0. The average molecular weight is 290 g/mol. The van der Waals surface area contributed by atoms with Crippen LogP contribution in [0.2, 0.25) is 0 Å². The number of benzene rings is 1. The van der Waals surface area contributed by atoms with Gasteiger partial charge in [0.2, 0.25) is 12.5 Å². The molecule has 1 aliphatic heterocycles. The number of hydrogen-bond donors (Lipinski definition) is 0. The highest BCUT2D eigenvalue weighted by Crippen LogP contribution is 2.36. The fourth-order valence-corrected chi connectivity index (χ4v) is 2.78. The molecule has 1 aromatic rings. The van der Waals surface area contributed by atoms with Crippen molar-refractivity contribution < 1.29 is 14.5 Å². The van der Waals surface area contributed by atoms with E-state index in [9.17, 15) is 19.7 Å². The van der Waals surface area contributed by atoms with E-state index in [2.05, 4.69) is 0 Å². The third-order valence-electron chi connectivity index (χ3n) is 3.87. The molecule has 6 heteroatoms. The van der Waals surface area contributed by atoms with Gasteiger partial charge in [-0.3, -0.25) is 24.6 Å². The molecule has 0 N–H and O–H groups in total. The number of carbonyl (C=O) groups is 2. The lowest BCUT2D eigenvalue weighted by Gasteiger charge is -2.39. The summed E-state index contributed by atoms with van der Waals surface area (Å²) in [5.74, 6) is -0.886. The molecule has 0 radical (unpaired) electrons. The predicted molar refractivity (Wildman–Crippen MR) is 76.7 cm³/mol. The molecule has 1 aromatic carbocycles. The van der Waals surface area contributed by atoms with Crippen molar-refractivity contribution in [1.82, 2.24) is 4.90 Å². The van der Waals surface area contributed by atoms with Crippen LogP contribution in [0.25, 0.3) is 0 Å². The van der Waals surface area contributed by atoms with E-state index in [-0.39, 0.29) is 11.9 Å². The number of imide groups is 1. The molecule has 112 valence electrons. The number of nitrogens with zero attached hydrogens (tertiary/aromatic N) is 2. The van der Waals surface area contributed by atoms with Crippen LogP contribution >= 0.6 is 0 Å². The van der Waals surface area contributed by atoms with Gasteiger partial charge in [-0.1, -0.05) is 17.7 Å². The Morgan fingerprint density at radius 2 is 1.95 bits per heavy atom. The molecular formula is C15H18N2O4. The molecular weight excluding hydrogens is 272 g/mol. The van der Waals surface area contributed by atoms with E-state index in [1.54, 1.807) is 32.0 Å². The van der Waals surface area contributed by atoms with Gasteiger partial charge in [-0.05, 0) is 39.3 Å². The van der Waals surface area contributed by atoms with Crippen LogP contribution < -0.4 is 0 Å². The predicted octanol–water partition coefficient (Wildman–Crippen LogP) is 1.92. The number of fused-ring (bicyclic) bond motifs is 1. The Morgan fingerprint density at radius 3 is 2.48 bits per heavy atom. The van der Waals surface area contributed by atoms with Crippen molar-refractivity contribution in [2.75, 3.05) is 6.54 Å². The fourth-order valence-electron chi connectivity index (χ4n) is 2.78. The number of hydrogen-bond acceptors (Lipinski definition) is 4. The van der Waals surface area contributed by atoms with Gasteiger partial charge in [0.15, 0.2) is 0 Å². The van der Waals surface area contributed by atoms with Crippen LogP contribution in [0.15, 0.2) is 18.2 Å². The van der Waals surface area contributed by atoms with Crippen molar-refractivity contribution in [2.24, 2.45) is 0 Å². The quantitative estimate of drug-likeness (QED) is 0.484. The zero-order valence-electron chi connectivity index (χ0n) is 12.5. The summed E-state index contributed by atoms with van der Waals surface area (Å²) in [7, 11) is 0. The molecule has 1 aliphatic rings. The Labute approximate surface area is 122 Å². The summed E-state index contributed by atoms with van der Waals surface area (Å²) >= 11 is 0. The molecule has 0 fully saturated rings. The fraction of sp³-hybridized carbons (Fsp3) is 0.467. The highest BCUT2D eigenvalue weighted by molar-refractivity contribution is 6.13. The van der Waals surface area contributed by atoms with Crippen molar-refractivity contribution in [1.29, 1.82) is 0 Å². The number of nitro groups is 1. The third kappa shape index (κ3) is 2.30. The third-order valence-corrected chi connectivity index (χ3v) is 3.87. The first kappa shape index (κ1) is 15.2. The molecule has 0 aromatic heterocycles. The van der Waals surface area contributed by atoms with Crippen molar-refractivity contribution in [2.45, 2.75) is 39.2 Å². The van der Waals surface area contributed by atoms with Crippen LogP contribution in [0.1, 0.15) is 42.3 Å². The van der Waals surface area contributed by atoms with Crippen LogP contribution in [-0.4, -0.2) is 34.2 Å². The lowest BCUT2D eigenvalue weighted by Crippen LogP contribution is -2.57. The molecule has 1 heterocycles. The molecule has 2 amide bonds. The maximum Gasteiger partial charge on any atom is 0.261 e. The second kappa shape index (κ2) is 4.95. The van der Waals surface area contributed by atoms with Gasteiger partial charge < -0.3 is 0 Å². The van der Waals surface area contributed by atoms with Crippen LogP contribution in [0.5, 0.6) is 0 Å². The number of carbonyl (C=O) groups excluding carboxylic acids is 2. The molecule has 0 bridgehead atoms. The van der Waals surface area contributed by atoms with Crippen molar-refractivity contribution in [3.05, 3.63) is 45.0 Å². The highest BCUT2D eigenvalue weighted by Gasteiger charge is 2.51. The summed E-state index contributed by atoms with van der Waals surface area (Å²) in [5.41, 5.74) is 0.370. The standard InChI is InChI=1S/C15H18N2O4/c1-9(2)17-13(18)11-6-5-10(3)7-12(11)15(4,14(17)19)8-16(20)21/h5-7,9H,8H2,1-4H3. The maximum atomic E-state index is 12.7. The van der Waals surface area contributed by atoms with E-state index in [4.69, 9.17) is 0 Å². The minimum absolute atomic E-state index is 0.342. The lowest BCUT2D eigenvalue weighted by atomic mass is 9.74. The molecule has 0 spiro atoms. The van der Waals surface area contributed by atoms with Crippen LogP contribution in [0.3, 0.4) is 0 Å². The smallest absolute Gasteiger partial charge is 0.261 e. The SMILES string of the molecule is Cc1ccc2c(c1)C(C)(C[N+](=O)[O-])C(=O)N(C(C)C)C2=O. The summed E-state index contributed by atoms with van der Waals surface area (Å²) in [6.45, 7) is 6.29. The Kier molecular flexibility index (Phi) is 3.57. The number of amides is 2. The highest BCUT2D eigenvalue weighted by atomic mass is 16.6.